The van der Waals surface area contributed by atoms with Crippen LogP contribution in [-0.4, -0.2) is 32.6 Å². The van der Waals surface area contributed by atoms with Crippen molar-refractivity contribution in [3.05, 3.63) is 29.8 Å². The Balaban J connectivity index is 2.70. The number of methoxy groups -OCH3 is 1. The molecule has 0 saturated heterocycles. The summed E-state index contributed by atoms with van der Waals surface area (Å²) in [5, 5.41) is 7.30. The van der Waals surface area contributed by atoms with E-state index in [-0.39, 0.29) is 11.9 Å². The molecule has 4 nitrogen and oxygen atoms in total. The van der Waals surface area contributed by atoms with Gasteiger partial charge in [0, 0.05) is 32.0 Å². The fourth-order valence-corrected chi connectivity index (χ4v) is 1.46. The molecule has 0 heterocycles. The minimum Gasteiger partial charge on any atom is -0.384 e. The van der Waals surface area contributed by atoms with E-state index in [9.17, 15) is 0 Å². The molecule has 0 aromatic heterocycles. The second-order valence-corrected chi connectivity index (χ2v) is 3.89. The fourth-order valence-electron chi connectivity index (χ4n) is 1.46. The van der Waals surface area contributed by atoms with Crippen molar-refractivity contribution < 1.29 is 4.74 Å². The summed E-state index contributed by atoms with van der Waals surface area (Å²) in [6, 6.07) is 7.62. The van der Waals surface area contributed by atoms with Crippen molar-refractivity contribution in [3.63, 3.8) is 0 Å². The summed E-state index contributed by atoms with van der Waals surface area (Å²) < 4.78 is 5.21. The zero-order chi connectivity index (χ0) is 12.1. The quantitative estimate of drug-likeness (QED) is 0.584. The summed E-state index contributed by atoms with van der Waals surface area (Å²) in [7, 11) is 3.72. The second kappa shape index (κ2) is 5.51. The van der Waals surface area contributed by atoms with Gasteiger partial charge in [0.2, 0.25) is 0 Å². The Morgan fingerprint density at radius 2 is 2.00 bits per heavy atom. The minimum absolute atomic E-state index is 0.0967. The molecule has 0 fully saturated rings. The molecule has 0 aliphatic heterocycles. The highest BCUT2D eigenvalue weighted by Gasteiger charge is 2.06. The third kappa shape index (κ3) is 3.24. The van der Waals surface area contributed by atoms with Gasteiger partial charge < -0.3 is 15.4 Å². The van der Waals surface area contributed by atoms with Crippen molar-refractivity contribution >= 4 is 11.5 Å². The molecule has 0 amide bonds. The highest BCUT2D eigenvalue weighted by molar-refractivity contribution is 5.95. The van der Waals surface area contributed by atoms with E-state index in [4.69, 9.17) is 15.9 Å². The third-order valence-corrected chi connectivity index (χ3v) is 2.55. The topological polar surface area (TPSA) is 62.3 Å². The van der Waals surface area contributed by atoms with Crippen molar-refractivity contribution in [2.45, 2.75) is 13.0 Å². The molecule has 1 aromatic carbocycles. The highest BCUT2D eigenvalue weighted by Crippen LogP contribution is 2.14. The Hall–Kier alpha value is -1.55. The average Bonchev–Trinajstić information content (AvgIpc) is 2.28. The number of anilines is 1. The predicted octanol–water partition coefficient (Wildman–Crippen LogP) is 1.44. The lowest BCUT2D eigenvalue weighted by molar-refractivity contribution is 0.124. The lowest BCUT2D eigenvalue weighted by atomic mass is 10.2. The third-order valence-electron chi connectivity index (χ3n) is 2.55. The molecule has 1 aromatic rings. The number of likely N-dealkylation sites (N-methyl/N-ethyl adjacent to an activating group) is 1. The van der Waals surface area contributed by atoms with Crippen LogP contribution in [0.5, 0.6) is 0 Å². The first-order valence-electron chi connectivity index (χ1n) is 5.23. The van der Waals surface area contributed by atoms with Crippen LogP contribution in [0.25, 0.3) is 0 Å². The Morgan fingerprint density at radius 1 is 1.44 bits per heavy atom. The number of hydrogen-bond donors (Lipinski definition) is 2. The van der Waals surface area contributed by atoms with Gasteiger partial charge in [-0.2, -0.15) is 0 Å². The van der Waals surface area contributed by atoms with Crippen LogP contribution in [0, 0.1) is 5.41 Å². The zero-order valence-corrected chi connectivity index (χ0v) is 10.0. The van der Waals surface area contributed by atoms with Crippen LogP contribution in [0.3, 0.4) is 0 Å². The Kier molecular flexibility index (Phi) is 4.31. The van der Waals surface area contributed by atoms with Gasteiger partial charge in [0.15, 0.2) is 0 Å². The summed E-state index contributed by atoms with van der Waals surface area (Å²) in [6.45, 7) is 2.86. The molecule has 1 unspecified atom stereocenters. The van der Waals surface area contributed by atoms with Gasteiger partial charge in [0.25, 0.3) is 0 Å². The summed E-state index contributed by atoms with van der Waals surface area (Å²) >= 11 is 0. The van der Waals surface area contributed by atoms with Crippen LogP contribution in [0.15, 0.2) is 24.3 Å². The molecule has 3 N–H and O–H groups in total. The number of nitrogens with one attached hydrogen (secondary N) is 1. The van der Waals surface area contributed by atoms with Gasteiger partial charge in [-0.25, -0.2) is 0 Å². The number of nitrogens with two attached hydrogens (primary N) is 1. The predicted molar refractivity (Wildman–Crippen MR) is 67.2 cm³/mol. The van der Waals surface area contributed by atoms with Gasteiger partial charge in [-0.3, -0.25) is 5.41 Å². The fraction of sp³-hybridized carbons (Fsp3) is 0.417. The number of amidine groups is 1. The summed E-state index contributed by atoms with van der Waals surface area (Å²) in [5.41, 5.74) is 7.23. The molecule has 88 valence electrons. The summed E-state index contributed by atoms with van der Waals surface area (Å²) in [5.74, 6) is 0.0967. The average molecular weight is 221 g/mol. The molecular weight excluding hydrogens is 202 g/mol. The van der Waals surface area contributed by atoms with Gasteiger partial charge in [-0.1, -0.05) is 0 Å². The number of rotatable bonds is 5. The Bertz CT molecular complexity index is 348. The molecule has 4 heteroatoms. The van der Waals surface area contributed by atoms with Crippen LogP contribution in [0.4, 0.5) is 5.69 Å². The van der Waals surface area contributed by atoms with E-state index in [2.05, 4.69) is 4.90 Å². The molecule has 1 rings (SSSR count). The second-order valence-electron chi connectivity index (χ2n) is 3.89. The first-order valence-corrected chi connectivity index (χ1v) is 5.23. The largest absolute Gasteiger partial charge is 0.384 e. The van der Waals surface area contributed by atoms with Crippen LogP contribution in [0.1, 0.15) is 12.5 Å². The van der Waals surface area contributed by atoms with E-state index in [0.29, 0.717) is 0 Å². The first kappa shape index (κ1) is 12.5. The molecule has 0 spiro atoms. The zero-order valence-electron chi connectivity index (χ0n) is 10.0. The van der Waals surface area contributed by atoms with Crippen molar-refractivity contribution in [1.82, 2.24) is 0 Å². The van der Waals surface area contributed by atoms with Crippen molar-refractivity contribution in [3.8, 4) is 0 Å². The maximum absolute atomic E-state index is 7.30. The van der Waals surface area contributed by atoms with E-state index in [1.807, 2.05) is 38.2 Å². The number of nitrogen functional groups attached to an aromatic ring is 1. The molecule has 0 bridgehead atoms. The van der Waals surface area contributed by atoms with Gasteiger partial charge >= 0.3 is 0 Å². The van der Waals surface area contributed by atoms with Crippen LogP contribution >= 0.6 is 0 Å². The SMILES string of the molecule is COC(C)CN(C)c1ccc(C(=N)N)cc1. The lowest BCUT2D eigenvalue weighted by Gasteiger charge is -2.22. The van der Waals surface area contributed by atoms with Crippen molar-refractivity contribution in [2.75, 3.05) is 25.6 Å². The normalized spacial score (nSPS) is 12.2. The van der Waals surface area contributed by atoms with Crippen LogP contribution in [0.2, 0.25) is 0 Å². The van der Waals surface area contributed by atoms with Gasteiger partial charge in [0.05, 0.1) is 6.10 Å². The maximum Gasteiger partial charge on any atom is 0.122 e. The molecule has 1 atom stereocenters. The van der Waals surface area contributed by atoms with Crippen LogP contribution in [-0.2, 0) is 4.74 Å². The molecule has 0 aliphatic carbocycles. The van der Waals surface area contributed by atoms with E-state index in [0.717, 1.165) is 17.8 Å². The van der Waals surface area contributed by atoms with Crippen molar-refractivity contribution in [2.24, 2.45) is 5.73 Å². The molecule has 16 heavy (non-hydrogen) atoms. The Labute approximate surface area is 96.5 Å². The van der Waals surface area contributed by atoms with Gasteiger partial charge in [-0.05, 0) is 31.2 Å². The molecule has 0 radical (unpaired) electrons. The number of benzene rings is 1. The maximum atomic E-state index is 7.30. The van der Waals surface area contributed by atoms with Crippen LogP contribution < -0.4 is 10.6 Å². The van der Waals surface area contributed by atoms with E-state index < -0.39 is 0 Å². The smallest absolute Gasteiger partial charge is 0.122 e. The molecule has 0 aliphatic rings. The number of nitrogens with zero attached hydrogens (tertiary/aromatic N) is 1. The van der Waals surface area contributed by atoms with E-state index >= 15 is 0 Å². The van der Waals surface area contributed by atoms with Gasteiger partial charge in [0.1, 0.15) is 5.84 Å². The monoisotopic (exact) mass is 221 g/mol. The molecular formula is C12H19N3O. The molecule has 0 saturated carbocycles. The summed E-state index contributed by atoms with van der Waals surface area (Å²) in [6.07, 6.45) is 0.192. The van der Waals surface area contributed by atoms with Gasteiger partial charge in [-0.15, -0.1) is 0 Å². The minimum atomic E-state index is 0.0967. The first-order chi connectivity index (χ1) is 7.54. The summed E-state index contributed by atoms with van der Waals surface area (Å²) in [4.78, 5) is 2.11. The van der Waals surface area contributed by atoms with Crippen molar-refractivity contribution in [1.29, 1.82) is 5.41 Å². The van der Waals surface area contributed by atoms with E-state index in [1.165, 1.54) is 0 Å². The van der Waals surface area contributed by atoms with E-state index in [1.54, 1.807) is 7.11 Å². The standard InChI is InChI=1S/C12H19N3O/c1-9(16-3)8-15(2)11-6-4-10(5-7-11)12(13)14/h4-7,9H,8H2,1-3H3,(H3,13,14). The number of ether oxygens (including phenoxy) is 1. The lowest BCUT2D eigenvalue weighted by Crippen LogP contribution is -2.28. The number of hydrogen-bond acceptors (Lipinski definition) is 3. The highest BCUT2D eigenvalue weighted by atomic mass is 16.5. The Morgan fingerprint density at radius 3 is 2.44 bits per heavy atom.